The fourth-order valence-electron chi connectivity index (χ4n) is 12.1. The second-order valence-electron chi connectivity index (χ2n) is 23.8. The number of nitrogens with zero attached hydrogens (tertiary/aromatic N) is 7. The van der Waals surface area contributed by atoms with E-state index >= 15 is 0 Å². The second kappa shape index (κ2) is 22.4. The molecule has 11 aromatic carbocycles. The van der Waals surface area contributed by atoms with Crippen LogP contribution in [0.3, 0.4) is 0 Å². The molecule has 91 heavy (non-hydrogen) atoms. The van der Waals surface area contributed by atoms with Gasteiger partial charge in [0.2, 0.25) is 11.8 Å². The first-order valence-electron chi connectivity index (χ1n) is 30.4. The van der Waals surface area contributed by atoms with Gasteiger partial charge >= 0.3 is 7.12 Å². The summed E-state index contributed by atoms with van der Waals surface area (Å²) >= 11 is 0. The molecule has 0 spiro atoms. The van der Waals surface area contributed by atoms with Gasteiger partial charge in [0.15, 0.2) is 28.6 Å². The number of hydrogen-bond donors (Lipinski definition) is 0. The summed E-state index contributed by atoms with van der Waals surface area (Å²) < 4.78 is 25.0. The molecular weight excluding hydrogens is 1120 g/mol. The van der Waals surface area contributed by atoms with E-state index in [1.165, 1.54) is 0 Å². The highest BCUT2D eigenvalue weighted by Crippen LogP contribution is 2.42. The number of aromatic nitrogens is 7. The third-order valence-corrected chi connectivity index (χ3v) is 17.5. The van der Waals surface area contributed by atoms with Crippen molar-refractivity contribution >= 4 is 78.1 Å². The smallest absolute Gasteiger partial charge is 0.436 e. The summed E-state index contributed by atoms with van der Waals surface area (Å²) in [7, 11) is -0.401. The van der Waals surface area contributed by atoms with Gasteiger partial charge in [0.05, 0.1) is 33.6 Å². The molecule has 0 saturated carbocycles. The van der Waals surface area contributed by atoms with Gasteiger partial charge in [-0.15, -0.1) is 0 Å². The largest absolute Gasteiger partial charge is 0.494 e. The maximum absolute atomic E-state index is 6.27. The minimum absolute atomic E-state index is 0.381. The van der Waals surface area contributed by atoms with E-state index in [-0.39, 0.29) is 11.2 Å². The Morgan fingerprint density at radius 2 is 0.604 bits per heavy atom. The summed E-state index contributed by atoms with van der Waals surface area (Å²) in [5.41, 5.74) is 16.0. The zero-order valence-corrected chi connectivity index (χ0v) is 50.2. The fourth-order valence-corrected chi connectivity index (χ4v) is 12.1. The number of oxazole rings is 2. The Balaban J connectivity index is 0.000000153. The summed E-state index contributed by atoms with van der Waals surface area (Å²) in [6.45, 7) is 8.28. The SMILES string of the molecule is CC1(C)OB(c2ccc(-c3nc4ccccc4c4c3ccc3oc(-c5ccccc5)nc34)cc2)OC1(C)C.c1ccc(-c2nc(-c3ccccc3)nc(-c3ccc(-c4ccc(-c5nc6ccccc6c6c5ccc5oc(-c7ccccc7)nc56)cc4)cc3)n2)cc1. The molecule has 11 nitrogen and oxygen atoms in total. The predicted octanol–water partition coefficient (Wildman–Crippen LogP) is 18.9. The molecule has 0 atom stereocenters. The van der Waals surface area contributed by atoms with E-state index in [2.05, 4.69) is 131 Å². The van der Waals surface area contributed by atoms with Crippen LogP contribution in [-0.4, -0.2) is 53.2 Å². The summed E-state index contributed by atoms with van der Waals surface area (Å²) in [6, 6.07) is 90.1. The molecule has 1 fully saturated rings. The Hall–Kier alpha value is -11.3. The molecule has 6 heterocycles. The minimum atomic E-state index is -0.401. The van der Waals surface area contributed by atoms with Crippen LogP contribution < -0.4 is 5.46 Å². The highest BCUT2D eigenvalue weighted by molar-refractivity contribution is 6.62. The molecule has 0 aliphatic carbocycles. The van der Waals surface area contributed by atoms with Gasteiger partial charge in [-0.05, 0) is 105 Å². The van der Waals surface area contributed by atoms with Gasteiger partial charge in [0, 0.05) is 71.3 Å². The quantitative estimate of drug-likeness (QED) is 0.101. The second-order valence-corrected chi connectivity index (χ2v) is 23.8. The molecule has 16 aromatic rings. The van der Waals surface area contributed by atoms with E-state index in [1.54, 1.807) is 0 Å². The maximum atomic E-state index is 6.27. The predicted molar refractivity (Wildman–Crippen MR) is 366 cm³/mol. The van der Waals surface area contributed by atoms with E-state index in [1.807, 2.05) is 164 Å². The Labute approximate surface area is 524 Å². The van der Waals surface area contributed by atoms with Crippen LogP contribution in [0.2, 0.25) is 0 Å². The molecule has 1 aliphatic heterocycles. The normalized spacial score (nSPS) is 13.6. The number of rotatable bonds is 9. The van der Waals surface area contributed by atoms with Crippen molar-refractivity contribution in [2.75, 3.05) is 0 Å². The molecule has 0 bridgehead atoms. The molecule has 0 amide bonds. The van der Waals surface area contributed by atoms with Crippen molar-refractivity contribution in [2.45, 2.75) is 38.9 Å². The fraction of sp³-hybridized carbons (Fsp3) is 0.0759. The number of para-hydroxylation sites is 2. The van der Waals surface area contributed by atoms with Crippen molar-refractivity contribution < 1.29 is 18.1 Å². The van der Waals surface area contributed by atoms with E-state index in [0.29, 0.717) is 29.3 Å². The molecule has 1 aliphatic rings. The van der Waals surface area contributed by atoms with Gasteiger partial charge < -0.3 is 18.1 Å². The van der Waals surface area contributed by atoms with Crippen molar-refractivity contribution in [1.29, 1.82) is 0 Å². The van der Waals surface area contributed by atoms with Crippen LogP contribution in [0.25, 0.3) is 156 Å². The Morgan fingerprint density at radius 1 is 0.275 bits per heavy atom. The molecule has 5 aromatic heterocycles. The van der Waals surface area contributed by atoms with Crippen LogP contribution in [0.4, 0.5) is 0 Å². The average molecular weight is 1180 g/mol. The topological polar surface area (TPSA) is 135 Å². The first-order valence-corrected chi connectivity index (χ1v) is 30.4. The Morgan fingerprint density at radius 3 is 1.01 bits per heavy atom. The molecule has 0 radical (unpaired) electrons. The van der Waals surface area contributed by atoms with E-state index < -0.39 is 7.12 Å². The lowest BCUT2D eigenvalue weighted by Gasteiger charge is -2.32. The molecule has 17 rings (SSSR count). The molecule has 0 unspecified atom stereocenters. The summed E-state index contributed by atoms with van der Waals surface area (Å²) in [5.74, 6) is 3.14. The van der Waals surface area contributed by atoms with Crippen molar-refractivity contribution in [3.8, 4) is 90.7 Å². The Kier molecular flexibility index (Phi) is 13.5. The standard InChI is InChI=1S/C47H29N5O.C32H27BN2O3/c1-4-12-33(13-5-1)44-50-45(34-14-6-2-7-15-34)52-46(51-44)35-26-22-31(23-27-35)30-20-24-32(25-21-30)42-38-28-29-40-43(41(38)37-18-10-11-19-39(37)48-42)49-47(53-40)36-16-8-3-9-17-36;1-31(2)32(3,4)38-33(37-31)22-16-14-20(15-17-22)28-24-18-19-26-29(27(24)23-12-8-9-13-25(23)34-28)35-30(36-26)21-10-6-5-7-11-21/h1-29H;5-19H,1-4H3. The Bertz CT molecular complexity index is 5320. The van der Waals surface area contributed by atoms with Crippen molar-refractivity contribution in [3.63, 3.8) is 0 Å². The molecule has 1 saturated heterocycles. The highest BCUT2D eigenvalue weighted by Gasteiger charge is 2.51. The number of hydrogen-bond acceptors (Lipinski definition) is 11. The van der Waals surface area contributed by atoms with Crippen LogP contribution in [-0.2, 0) is 9.31 Å². The van der Waals surface area contributed by atoms with E-state index in [4.69, 9.17) is 53.0 Å². The van der Waals surface area contributed by atoms with Crippen molar-refractivity contribution in [1.82, 2.24) is 34.9 Å². The summed E-state index contributed by atoms with van der Waals surface area (Å²) in [4.78, 5) is 34.9. The van der Waals surface area contributed by atoms with Gasteiger partial charge in [0.1, 0.15) is 11.0 Å². The molecular formula is C79H56BN7O4. The first-order chi connectivity index (χ1) is 44.6. The molecule has 434 valence electrons. The third-order valence-electron chi connectivity index (χ3n) is 17.5. The van der Waals surface area contributed by atoms with Gasteiger partial charge in [0.25, 0.3) is 0 Å². The van der Waals surface area contributed by atoms with E-state index in [9.17, 15) is 0 Å². The van der Waals surface area contributed by atoms with Crippen LogP contribution >= 0.6 is 0 Å². The van der Waals surface area contributed by atoms with Gasteiger partial charge in [-0.25, -0.2) is 34.9 Å². The number of pyridine rings is 2. The highest BCUT2D eigenvalue weighted by atomic mass is 16.7. The monoisotopic (exact) mass is 1180 g/mol. The summed E-state index contributed by atoms with van der Waals surface area (Å²) in [6.07, 6.45) is 0. The van der Waals surface area contributed by atoms with Crippen LogP contribution in [0.5, 0.6) is 0 Å². The lowest BCUT2D eigenvalue weighted by Crippen LogP contribution is -2.41. The number of benzene rings is 11. The zero-order valence-electron chi connectivity index (χ0n) is 50.2. The van der Waals surface area contributed by atoms with Gasteiger partial charge in [-0.3, -0.25) is 0 Å². The zero-order chi connectivity index (χ0) is 61.2. The first kappa shape index (κ1) is 55.0. The lowest BCUT2D eigenvalue weighted by atomic mass is 9.78. The third kappa shape index (κ3) is 10.1. The summed E-state index contributed by atoms with van der Waals surface area (Å²) in [5, 5.41) is 6.25. The maximum Gasteiger partial charge on any atom is 0.494 e. The van der Waals surface area contributed by atoms with E-state index in [0.717, 1.165) is 132 Å². The van der Waals surface area contributed by atoms with Crippen LogP contribution in [0.1, 0.15) is 27.7 Å². The molecule has 0 N–H and O–H groups in total. The lowest BCUT2D eigenvalue weighted by molar-refractivity contribution is 0.00578. The minimum Gasteiger partial charge on any atom is -0.436 e. The van der Waals surface area contributed by atoms with Gasteiger partial charge in [-0.1, -0.05) is 206 Å². The van der Waals surface area contributed by atoms with Crippen LogP contribution in [0.15, 0.2) is 276 Å². The van der Waals surface area contributed by atoms with Gasteiger partial charge in [-0.2, -0.15) is 0 Å². The average Bonchev–Trinajstić information content (AvgIpc) is 1.76. The van der Waals surface area contributed by atoms with Crippen molar-refractivity contribution in [2.24, 2.45) is 0 Å². The molecule has 12 heteroatoms. The van der Waals surface area contributed by atoms with Crippen LogP contribution in [0, 0.1) is 0 Å². The van der Waals surface area contributed by atoms with Crippen molar-refractivity contribution in [3.05, 3.63) is 267 Å². The number of fused-ring (bicyclic) bond motifs is 10.